The summed E-state index contributed by atoms with van der Waals surface area (Å²) >= 11 is 5.91. The highest BCUT2D eigenvalue weighted by atomic mass is 35.5. The van der Waals surface area contributed by atoms with Crippen LogP contribution in [0.25, 0.3) is 0 Å². The fraction of sp³-hybridized carbons (Fsp3) is 0.421. The monoisotopic (exact) mass is 405 g/mol. The van der Waals surface area contributed by atoms with E-state index in [9.17, 15) is 14.7 Å². The van der Waals surface area contributed by atoms with Crippen LogP contribution >= 0.6 is 11.6 Å². The number of nitrogens with zero attached hydrogens (tertiary/aromatic N) is 3. The number of phenols is 1. The van der Waals surface area contributed by atoms with Gasteiger partial charge in [0.05, 0.1) is 17.9 Å². The number of benzene rings is 1. The minimum Gasteiger partial charge on any atom is -0.506 e. The summed E-state index contributed by atoms with van der Waals surface area (Å²) in [5.74, 6) is 0.231. The molecule has 0 spiro atoms. The summed E-state index contributed by atoms with van der Waals surface area (Å²) in [5.41, 5.74) is 1.15. The Morgan fingerprint density at radius 2 is 1.96 bits per heavy atom. The third-order valence-corrected chi connectivity index (χ3v) is 5.05. The first-order valence-electron chi connectivity index (χ1n) is 9.14. The number of phenolic OH excluding ortho intramolecular Hbond substituents is 1. The summed E-state index contributed by atoms with van der Waals surface area (Å²) < 4.78 is 1.63. The van der Waals surface area contributed by atoms with Crippen molar-refractivity contribution in [2.45, 2.75) is 19.8 Å². The van der Waals surface area contributed by atoms with Crippen molar-refractivity contribution >= 4 is 34.9 Å². The molecule has 0 unspecified atom stereocenters. The Bertz CT molecular complexity index is 874. The molecule has 1 aliphatic heterocycles. The van der Waals surface area contributed by atoms with Crippen molar-refractivity contribution < 1.29 is 14.7 Å². The van der Waals surface area contributed by atoms with Crippen LogP contribution in [0.1, 0.15) is 18.5 Å². The van der Waals surface area contributed by atoms with Gasteiger partial charge in [0.2, 0.25) is 11.8 Å². The SMILES string of the molecule is Cc1cc(NC(=O)CN2CCC(C(=O)Nc3cc(Cl)ccc3O)CC2)n(C)n1. The summed E-state index contributed by atoms with van der Waals surface area (Å²) in [6.07, 6.45) is 1.29. The molecule has 1 aromatic carbocycles. The van der Waals surface area contributed by atoms with E-state index in [-0.39, 0.29) is 30.0 Å². The van der Waals surface area contributed by atoms with Crippen LogP contribution < -0.4 is 10.6 Å². The van der Waals surface area contributed by atoms with E-state index < -0.39 is 0 Å². The summed E-state index contributed by atoms with van der Waals surface area (Å²) in [7, 11) is 1.78. The van der Waals surface area contributed by atoms with Crippen LogP contribution in [0.15, 0.2) is 24.3 Å². The Morgan fingerprint density at radius 1 is 1.25 bits per heavy atom. The van der Waals surface area contributed by atoms with Crippen LogP contribution in [0.4, 0.5) is 11.5 Å². The summed E-state index contributed by atoms with van der Waals surface area (Å²) in [4.78, 5) is 26.7. The molecule has 8 nitrogen and oxygen atoms in total. The van der Waals surface area contributed by atoms with E-state index in [2.05, 4.69) is 15.7 Å². The normalized spacial score (nSPS) is 15.4. The van der Waals surface area contributed by atoms with Crippen molar-refractivity contribution in [3.05, 3.63) is 35.0 Å². The van der Waals surface area contributed by atoms with Crippen molar-refractivity contribution in [3.8, 4) is 5.75 Å². The van der Waals surface area contributed by atoms with Gasteiger partial charge >= 0.3 is 0 Å². The van der Waals surface area contributed by atoms with Crippen LogP contribution in [-0.2, 0) is 16.6 Å². The molecule has 3 N–H and O–H groups in total. The summed E-state index contributed by atoms with van der Waals surface area (Å²) in [6, 6.07) is 6.35. The van der Waals surface area contributed by atoms with Gasteiger partial charge in [0.25, 0.3) is 0 Å². The van der Waals surface area contributed by atoms with Gasteiger partial charge in [0.1, 0.15) is 11.6 Å². The molecule has 1 aliphatic rings. The molecule has 0 aliphatic carbocycles. The minimum absolute atomic E-state index is 0.0164. The molecule has 9 heteroatoms. The Labute approximate surface area is 168 Å². The number of aryl methyl sites for hydroxylation is 2. The molecule has 0 atom stereocenters. The molecular weight excluding hydrogens is 382 g/mol. The number of halogens is 1. The topological polar surface area (TPSA) is 99.5 Å². The molecule has 1 saturated heterocycles. The molecule has 1 aromatic heterocycles. The van der Waals surface area contributed by atoms with E-state index in [1.54, 1.807) is 17.8 Å². The van der Waals surface area contributed by atoms with Crippen LogP contribution in [0, 0.1) is 12.8 Å². The number of nitrogens with one attached hydrogen (secondary N) is 2. The lowest BCUT2D eigenvalue weighted by Crippen LogP contribution is -2.41. The van der Waals surface area contributed by atoms with E-state index in [1.807, 2.05) is 17.9 Å². The molecule has 28 heavy (non-hydrogen) atoms. The molecule has 2 aromatic rings. The summed E-state index contributed by atoms with van der Waals surface area (Å²) in [5, 5.41) is 20.1. The first-order valence-corrected chi connectivity index (χ1v) is 9.52. The van der Waals surface area contributed by atoms with Crippen molar-refractivity contribution in [2.75, 3.05) is 30.3 Å². The molecule has 3 rings (SSSR count). The first kappa shape index (κ1) is 20.2. The quantitative estimate of drug-likeness (QED) is 0.663. The lowest BCUT2D eigenvalue weighted by atomic mass is 9.95. The molecule has 2 heterocycles. The van der Waals surface area contributed by atoms with Crippen molar-refractivity contribution in [2.24, 2.45) is 13.0 Å². The fourth-order valence-electron chi connectivity index (χ4n) is 3.31. The largest absolute Gasteiger partial charge is 0.506 e. The summed E-state index contributed by atoms with van der Waals surface area (Å²) in [6.45, 7) is 3.44. The zero-order valence-electron chi connectivity index (χ0n) is 15.9. The second kappa shape index (κ2) is 8.62. The Balaban J connectivity index is 1.47. The van der Waals surface area contributed by atoms with Crippen molar-refractivity contribution in [3.63, 3.8) is 0 Å². The number of piperidine rings is 1. The highest BCUT2D eigenvalue weighted by molar-refractivity contribution is 6.31. The molecule has 0 radical (unpaired) electrons. The van der Waals surface area contributed by atoms with Gasteiger partial charge in [-0.1, -0.05) is 11.6 Å². The second-order valence-electron chi connectivity index (χ2n) is 7.04. The maximum Gasteiger partial charge on any atom is 0.239 e. The van der Waals surface area contributed by atoms with Gasteiger partial charge in [-0.2, -0.15) is 5.10 Å². The molecular formula is C19H24ClN5O3. The van der Waals surface area contributed by atoms with Crippen molar-refractivity contribution in [1.29, 1.82) is 0 Å². The smallest absolute Gasteiger partial charge is 0.239 e. The number of anilines is 2. The number of hydrogen-bond donors (Lipinski definition) is 3. The zero-order chi connectivity index (χ0) is 20.3. The van der Waals surface area contributed by atoms with Crippen molar-refractivity contribution in [1.82, 2.24) is 14.7 Å². The average Bonchev–Trinajstić information content (AvgIpc) is 2.95. The van der Waals surface area contributed by atoms with E-state index >= 15 is 0 Å². The predicted octanol–water partition coefficient (Wildman–Crippen LogP) is 2.38. The lowest BCUT2D eigenvalue weighted by molar-refractivity contribution is -0.121. The van der Waals surface area contributed by atoms with Gasteiger partial charge < -0.3 is 15.7 Å². The third-order valence-electron chi connectivity index (χ3n) is 4.81. The third kappa shape index (κ3) is 5.02. The van der Waals surface area contributed by atoms with E-state index in [4.69, 9.17) is 11.6 Å². The van der Waals surface area contributed by atoms with Crippen LogP contribution in [0.5, 0.6) is 5.75 Å². The number of hydrogen-bond acceptors (Lipinski definition) is 5. The standard InChI is InChI=1S/C19H24ClN5O3/c1-12-9-17(24(2)23-12)22-18(27)11-25-7-5-13(6-8-25)19(28)21-15-10-14(20)3-4-16(15)26/h3-4,9-10,13,26H,5-8,11H2,1-2H3,(H,21,28)(H,22,27). The second-order valence-corrected chi connectivity index (χ2v) is 7.48. The number of aromatic nitrogens is 2. The number of aromatic hydroxyl groups is 1. The maximum absolute atomic E-state index is 12.5. The molecule has 0 bridgehead atoms. The number of amides is 2. The first-order chi connectivity index (χ1) is 13.3. The molecule has 1 fully saturated rings. The zero-order valence-corrected chi connectivity index (χ0v) is 16.7. The van der Waals surface area contributed by atoms with Gasteiger partial charge in [-0.05, 0) is 51.1 Å². The van der Waals surface area contributed by atoms with Gasteiger partial charge in [0, 0.05) is 24.1 Å². The lowest BCUT2D eigenvalue weighted by Gasteiger charge is -2.30. The maximum atomic E-state index is 12.5. The molecule has 2 amide bonds. The molecule has 150 valence electrons. The van der Waals surface area contributed by atoms with Gasteiger partial charge in [-0.3, -0.25) is 19.2 Å². The average molecular weight is 406 g/mol. The van der Waals surface area contributed by atoms with E-state index in [0.717, 1.165) is 5.69 Å². The fourth-order valence-corrected chi connectivity index (χ4v) is 3.48. The number of carbonyl (C=O) groups is 2. The minimum atomic E-state index is -0.169. The van der Waals surface area contributed by atoms with Gasteiger partial charge in [-0.25, -0.2) is 0 Å². The number of carbonyl (C=O) groups excluding carboxylic acids is 2. The Kier molecular flexibility index (Phi) is 6.21. The number of rotatable bonds is 5. The van der Waals surface area contributed by atoms with Crippen LogP contribution in [0.2, 0.25) is 5.02 Å². The van der Waals surface area contributed by atoms with E-state index in [1.165, 1.54) is 12.1 Å². The van der Waals surface area contributed by atoms with Gasteiger partial charge in [0.15, 0.2) is 0 Å². The highest BCUT2D eigenvalue weighted by Gasteiger charge is 2.26. The van der Waals surface area contributed by atoms with Crippen LogP contribution in [-0.4, -0.2) is 51.2 Å². The van der Waals surface area contributed by atoms with Gasteiger partial charge in [-0.15, -0.1) is 0 Å². The Morgan fingerprint density at radius 3 is 2.61 bits per heavy atom. The highest BCUT2D eigenvalue weighted by Crippen LogP contribution is 2.28. The number of likely N-dealkylation sites (tertiary alicyclic amines) is 1. The van der Waals surface area contributed by atoms with E-state index in [0.29, 0.717) is 42.5 Å². The van der Waals surface area contributed by atoms with Crippen LogP contribution in [0.3, 0.4) is 0 Å². The molecule has 0 saturated carbocycles. The Hall–Kier alpha value is -2.58. The predicted molar refractivity (Wildman–Crippen MR) is 107 cm³/mol.